The number of hydrogen-bond acceptors (Lipinski definition) is 3. The predicted molar refractivity (Wildman–Crippen MR) is 82.6 cm³/mol. The summed E-state index contributed by atoms with van der Waals surface area (Å²) < 4.78 is 5.33. The number of allylic oxidation sites excluding steroid dienone is 2. The summed E-state index contributed by atoms with van der Waals surface area (Å²) in [4.78, 5) is 27.1. The molecule has 2 fully saturated rings. The van der Waals surface area contributed by atoms with Gasteiger partial charge < -0.3 is 4.74 Å². The molecular formula is C18H19NO3. The molecule has 4 aliphatic rings. The van der Waals surface area contributed by atoms with Gasteiger partial charge in [-0.05, 0) is 43.2 Å². The number of carbonyl (C=O) groups excluding carboxylic acids is 2. The zero-order valence-corrected chi connectivity index (χ0v) is 12.8. The number of hydrogen-bond donors (Lipinski definition) is 0. The Morgan fingerprint density at radius 1 is 1.05 bits per heavy atom. The van der Waals surface area contributed by atoms with Gasteiger partial charge in [0.05, 0.1) is 24.6 Å². The third-order valence-electron chi connectivity index (χ3n) is 5.41. The number of imide groups is 1. The van der Waals surface area contributed by atoms with Gasteiger partial charge in [0.2, 0.25) is 11.8 Å². The lowest BCUT2D eigenvalue weighted by Crippen LogP contribution is -2.38. The van der Waals surface area contributed by atoms with E-state index in [0.29, 0.717) is 11.4 Å². The number of amides is 2. The van der Waals surface area contributed by atoms with Gasteiger partial charge in [0.15, 0.2) is 0 Å². The first-order valence-electron chi connectivity index (χ1n) is 7.82. The van der Waals surface area contributed by atoms with Gasteiger partial charge >= 0.3 is 0 Å². The van der Waals surface area contributed by atoms with Crippen molar-refractivity contribution in [1.29, 1.82) is 0 Å². The molecule has 22 heavy (non-hydrogen) atoms. The number of fused-ring (bicyclic) bond motifs is 1. The van der Waals surface area contributed by atoms with Crippen LogP contribution in [0.3, 0.4) is 0 Å². The average molecular weight is 297 g/mol. The first-order valence-corrected chi connectivity index (χ1v) is 7.82. The minimum atomic E-state index is -0.163. The third kappa shape index (κ3) is 1.70. The summed E-state index contributed by atoms with van der Waals surface area (Å²) in [7, 11) is 1.60. The highest BCUT2D eigenvalue weighted by Crippen LogP contribution is 2.50. The molecule has 1 saturated carbocycles. The molecule has 1 aromatic rings. The van der Waals surface area contributed by atoms with Crippen molar-refractivity contribution < 1.29 is 14.3 Å². The van der Waals surface area contributed by atoms with Gasteiger partial charge in [-0.2, -0.15) is 0 Å². The monoisotopic (exact) mass is 297 g/mol. The fourth-order valence-electron chi connectivity index (χ4n) is 4.28. The molecule has 4 atom stereocenters. The Labute approximate surface area is 129 Å². The fourth-order valence-corrected chi connectivity index (χ4v) is 4.28. The normalized spacial score (nSPS) is 32.5. The molecule has 4 nitrogen and oxygen atoms in total. The van der Waals surface area contributed by atoms with E-state index in [9.17, 15) is 9.59 Å². The number of methoxy groups -OCH3 is 1. The second kappa shape index (κ2) is 4.70. The van der Waals surface area contributed by atoms with E-state index in [-0.39, 0.29) is 35.5 Å². The molecule has 2 amide bonds. The minimum Gasteiger partial charge on any atom is -0.496 e. The van der Waals surface area contributed by atoms with Crippen LogP contribution in [0.15, 0.2) is 30.4 Å². The Balaban J connectivity index is 1.75. The molecular weight excluding hydrogens is 278 g/mol. The largest absolute Gasteiger partial charge is 0.496 e. The van der Waals surface area contributed by atoms with Crippen LogP contribution in [0.2, 0.25) is 0 Å². The van der Waals surface area contributed by atoms with Crippen molar-refractivity contribution in [2.24, 2.45) is 23.7 Å². The van der Waals surface area contributed by atoms with Crippen LogP contribution < -0.4 is 9.64 Å². The standard InChI is InChI=1S/C18H19NO3/c1-10-3-8-13(9-14(10)22-2)19-17(20)15-11-4-5-12(7-6-11)16(15)18(19)21/h3-5,8-9,11-12,15-16H,6-7H2,1-2H3/t11-,12+,15-,16+. The maximum Gasteiger partial charge on any atom is 0.238 e. The Morgan fingerprint density at radius 3 is 2.14 bits per heavy atom. The molecule has 1 saturated heterocycles. The van der Waals surface area contributed by atoms with E-state index >= 15 is 0 Å². The summed E-state index contributed by atoms with van der Waals surface area (Å²) in [6.07, 6.45) is 6.32. The molecule has 1 heterocycles. The molecule has 1 aromatic carbocycles. The molecule has 0 aromatic heterocycles. The van der Waals surface area contributed by atoms with Crippen molar-refractivity contribution in [3.05, 3.63) is 35.9 Å². The number of benzene rings is 1. The van der Waals surface area contributed by atoms with Crippen LogP contribution in [0.5, 0.6) is 5.75 Å². The van der Waals surface area contributed by atoms with E-state index in [2.05, 4.69) is 12.2 Å². The van der Waals surface area contributed by atoms with Crippen molar-refractivity contribution in [2.75, 3.05) is 12.0 Å². The van der Waals surface area contributed by atoms with Crippen LogP contribution in [0.1, 0.15) is 18.4 Å². The highest BCUT2D eigenvalue weighted by atomic mass is 16.5. The lowest BCUT2D eigenvalue weighted by atomic mass is 9.63. The first-order chi connectivity index (χ1) is 10.6. The Morgan fingerprint density at radius 2 is 1.64 bits per heavy atom. The van der Waals surface area contributed by atoms with Crippen molar-refractivity contribution in [2.45, 2.75) is 19.8 Å². The van der Waals surface area contributed by atoms with Gasteiger partial charge in [-0.15, -0.1) is 0 Å². The topological polar surface area (TPSA) is 46.6 Å². The van der Waals surface area contributed by atoms with Gasteiger partial charge in [-0.1, -0.05) is 18.2 Å². The Bertz CT molecular complexity index is 662. The number of nitrogens with zero attached hydrogens (tertiary/aromatic N) is 1. The van der Waals surface area contributed by atoms with E-state index in [1.54, 1.807) is 13.2 Å². The lowest BCUT2D eigenvalue weighted by molar-refractivity contribution is -0.124. The first kappa shape index (κ1) is 13.6. The summed E-state index contributed by atoms with van der Waals surface area (Å²) in [6.45, 7) is 1.94. The van der Waals surface area contributed by atoms with E-state index < -0.39 is 0 Å². The maximum absolute atomic E-state index is 12.9. The van der Waals surface area contributed by atoms with Gasteiger partial charge in [0, 0.05) is 6.07 Å². The van der Waals surface area contributed by atoms with E-state index in [1.165, 1.54) is 4.90 Å². The van der Waals surface area contributed by atoms with Crippen LogP contribution in [0, 0.1) is 30.6 Å². The summed E-state index contributed by atoms with van der Waals surface area (Å²) in [6, 6.07) is 5.52. The molecule has 2 bridgehead atoms. The minimum absolute atomic E-state index is 0.0417. The Hall–Kier alpha value is -2.10. The molecule has 0 radical (unpaired) electrons. The summed E-state index contributed by atoms with van der Waals surface area (Å²) in [5.74, 6) is 0.744. The summed E-state index contributed by atoms with van der Waals surface area (Å²) in [5, 5.41) is 0. The van der Waals surface area contributed by atoms with Crippen LogP contribution in [0.4, 0.5) is 5.69 Å². The third-order valence-corrected chi connectivity index (χ3v) is 5.41. The van der Waals surface area contributed by atoms with Crippen LogP contribution >= 0.6 is 0 Å². The molecule has 114 valence electrons. The second-order valence-corrected chi connectivity index (χ2v) is 6.51. The molecule has 0 spiro atoms. The number of aryl methyl sites for hydroxylation is 1. The quantitative estimate of drug-likeness (QED) is 0.623. The van der Waals surface area contributed by atoms with Crippen LogP contribution in [-0.4, -0.2) is 18.9 Å². The summed E-state index contributed by atoms with van der Waals surface area (Å²) in [5.41, 5.74) is 1.62. The molecule has 4 heteroatoms. The lowest BCUT2D eigenvalue weighted by Gasteiger charge is -2.38. The smallest absolute Gasteiger partial charge is 0.238 e. The van der Waals surface area contributed by atoms with Crippen LogP contribution in [-0.2, 0) is 9.59 Å². The molecule has 0 unspecified atom stereocenters. The highest BCUT2D eigenvalue weighted by molar-refractivity contribution is 6.22. The van der Waals surface area contributed by atoms with Crippen molar-refractivity contribution in [3.8, 4) is 5.75 Å². The van der Waals surface area contributed by atoms with Gasteiger partial charge in [0.25, 0.3) is 0 Å². The highest BCUT2D eigenvalue weighted by Gasteiger charge is 2.56. The van der Waals surface area contributed by atoms with E-state index in [4.69, 9.17) is 4.74 Å². The number of carbonyl (C=O) groups is 2. The predicted octanol–water partition coefficient (Wildman–Crippen LogP) is 2.71. The van der Waals surface area contributed by atoms with Crippen molar-refractivity contribution in [3.63, 3.8) is 0 Å². The van der Waals surface area contributed by atoms with Gasteiger partial charge in [0.1, 0.15) is 5.75 Å². The molecule has 0 N–H and O–H groups in total. The zero-order chi connectivity index (χ0) is 15.4. The zero-order valence-electron chi connectivity index (χ0n) is 12.8. The molecule has 5 rings (SSSR count). The van der Waals surface area contributed by atoms with Crippen LogP contribution in [0.25, 0.3) is 0 Å². The number of ether oxygens (including phenoxy) is 1. The van der Waals surface area contributed by atoms with Gasteiger partial charge in [-0.3, -0.25) is 9.59 Å². The van der Waals surface area contributed by atoms with E-state index in [0.717, 1.165) is 18.4 Å². The second-order valence-electron chi connectivity index (χ2n) is 6.51. The number of rotatable bonds is 2. The fraction of sp³-hybridized carbons (Fsp3) is 0.444. The maximum atomic E-state index is 12.9. The molecule has 1 aliphatic heterocycles. The van der Waals surface area contributed by atoms with Crippen molar-refractivity contribution >= 4 is 17.5 Å². The summed E-state index contributed by atoms with van der Waals surface area (Å²) >= 11 is 0. The molecule has 3 aliphatic carbocycles. The number of anilines is 1. The SMILES string of the molecule is COc1cc(N2C(=O)[C@@H]3[C@H](C2=O)[C@@H]2C=C[C@H]3CC2)ccc1C. The average Bonchev–Trinajstić information content (AvgIpc) is 2.83. The van der Waals surface area contributed by atoms with E-state index in [1.807, 2.05) is 19.1 Å². The van der Waals surface area contributed by atoms with Crippen molar-refractivity contribution in [1.82, 2.24) is 0 Å². The Kier molecular flexibility index (Phi) is 2.90. The van der Waals surface area contributed by atoms with Gasteiger partial charge in [-0.25, -0.2) is 4.90 Å².